The van der Waals surface area contributed by atoms with Gasteiger partial charge in [-0.25, -0.2) is 28.2 Å². The Morgan fingerprint density at radius 1 is 1.02 bits per heavy atom. The van der Waals surface area contributed by atoms with Crippen molar-refractivity contribution in [3.63, 3.8) is 0 Å². The monoisotopic (exact) mass is 633 g/mol. The summed E-state index contributed by atoms with van der Waals surface area (Å²) >= 11 is 1.14. The number of rotatable bonds is 5. The summed E-state index contributed by atoms with van der Waals surface area (Å²) in [5, 5.41) is 9.00. The topological polar surface area (TPSA) is 135 Å². The van der Waals surface area contributed by atoms with Gasteiger partial charge < -0.3 is 14.7 Å². The zero-order chi connectivity index (χ0) is 30.7. The Labute approximate surface area is 237 Å². The Hall–Kier alpha value is -4.45. The fourth-order valence-electron chi connectivity index (χ4n) is 3.68. The molecule has 0 unspecified atom stereocenters. The molecule has 0 fully saturated rings. The van der Waals surface area contributed by atoms with Crippen LogP contribution >= 0.6 is 11.3 Å². The summed E-state index contributed by atoms with van der Waals surface area (Å²) in [7, 11) is -3.91. The minimum absolute atomic E-state index is 0.0302. The van der Waals surface area contributed by atoms with E-state index < -0.39 is 33.9 Å². The Bertz CT molecular complexity index is 1670. The molecule has 3 heterocycles. The van der Waals surface area contributed by atoms with E-state index in [1.165, 1.54) is 43.1 Å². The van der Waals surface area contributed by atoms with Crippen LogP contribution in [0.5, 0.6) is 5.75 Å². The lowest BCUT2D eigenvalue weighted by atomic mass is 10.0. The van der Waals surface area contributed by atoms with E-state index >= 15 is 0 Å². The van der Waals surface area contributed by atoms with Crippen LogP contribution in [-0.4, -0.2) is 53.8 Å². The molecular weight excluding hydrogens is 616 g/mol. The van der Waals surface area contributed by atoms with Crippen molar-refractivity contribution < 1.29 is 49.4 Å². The Morgan fingerprint density at radius 2 is 1.69 bits per heavy atom. The maximum absolute atomic E-state index is 13.5. The number of halogens is 6. The molecule has 0 spiro atoms. The number of ether oxygens (including phenoxy) is 1. The molecule has 42 heavy (non-hydrogen) atoms. The number of hydrogen-bond donors (Lipinski definition) is 2. The third-order valence-corrected chi connectivity index (χ3v) is 7.64. The lowest BCUT2D eigenvalue weighted by Crippen LogP contribution is -2.29. The number of thiazole rings is 1. The highest BCUT2D eigenvalue weighted by atomic mass is 32.2. The molecule has 222 valence electrons. The van der Waals surface area contributed by atoms with Gasteiger partial charge in [0.25, 0.3) is 10.0 Å². The third-order valence-electron chi connectivity index (χ3n) is 5.49. The molecule has 0 atom stereocenters. The van der Waals surface area contributed by atoms with Crippen LogP contribution in [0.4, 0.5) is 42.8 Å². The van der Waals surface area contributed by atoms with Crippen molar-refractivity contribution in [2.24, 2.45) is 0 Å². The number of anilines is 3. The quantitative estimate of drug-likeness (QED) is 0.270. The van der Waals surface area contributed by atoms with Crippen molar-refractivity contribution >= 4 is 43.8 Å². The fourth-order valence-corrected chi connectivity index (χ4v) is 5.49. The van der Waals surface area contributed by atoms with Gasteiger partial charge in [-0.1, -0.05) is 0 Å². The van der Waals surface area contributed by atoms with Gasteiger partial charge in [0.1, 0.15) is 18.7 Å². The molecule has 2 aromatic heterocycles. The number of sulfonamides is 1. The van der Waals surface area contributed by atoms with Gasteiger partial charge in [-0.3, -0.25) is 4.72 Å². The smallest absolute Gasteiger partial charge is 0.489 e. The average molecular weight is 634 g/mol. The predicted octanol–water partition coefficient (Wildman–Crippen LogP) is 5.58. The van der Waals surface area contributed by atoms with Gasteiger partial charge in [0, 0.05) is 46.9 Å². The molecule has 0 bridgehead atoms. The molecule has 18 heteroatoms. The summed E-state index contributed by atoms with van der Waals surface area (Å²) in [6.45, 7) is 0.532. The summed E-state index contributed by atoms with van der Waals surface area (Å²) < 4.78 is 106. The zero-order valence-electron chi connectivity index (χ0n) is 20.7. The minimum Gasteiger partial charge on any atom is -0.489 e. The van der Waals surface area contributed by atoms with Crippen LogP contribution < -0.4 is 14.4 Å². The van der Waals surface area contributed by atoms with Gasteiger partial charge in [0.2, 0.25) is 0 Å². The van der Waals surface area contributed by atoms with E-state index in [9.17, 15) is 34.8 Å². The van der Waals surface area contributed by atoms with Crippen molar-refractivity contribution in [3.05, 3.63) is 72.3 Å². The van der Waals surface area contributed by atoms with Crippen LogP contribution in [0.15, 0.2) is 71.6 Å². The Morgan fingerprint density at radius 3 is 2.29 bits per heavy atom. The first kappa shape index (κ1) is 30.5. The highest BCUT2D eigenvalue weighted by molar-refractivity contribution is 7.93. The molecular formula is C24H17F6N5O5S2. The number of nitrogens with one attached hydrogen (secondary N) is 1. The summed E-state index contributed by atoms with van der Waals surface area (Å²) in [5.41, 5.74) is 0.892. The second-order valence-electron chi connectivity index (χ2n) is 8.23. The first-order chi connectivity index (χ1) is 19.7. The molecule has 10 nitrogen and oxygen atoms in total. The molecule has 2 aromatic carbocycles. The second-order valence-corrected chi connectivity index (χ2v) is 10.8. The zero-order valence-corrected chi connectivity index (χ0v) is 22.4. The summed E-state index contributed by atoms with van der Waals surface area (Å²) in [6, 6.07) is 7.80. The summed E-state index contributed by atoms with van der Waals surface area (Å²) in [4.78, 5) is 22.5. The first-order valence-electron chi connectivity index (χ1n) is 11.4. The molecule has 4 aromatic rings. The normalized spacial score (nSPS) is 13.3. The van der Waals surface area contributed by atoms with Gasteiger partial charge in [-0.2, -0.15) is 26.3 Å². The molecule has 0 radical (unpaired) electrons. The summed E-state index contributed by atoms with van der Waals surface area (Å²) in [6.07, 6.45) is -3.96. The van der Waals surface area contributed by atoms with Crippen LogP contribution in [0.1, 0.15) is 5.56 Å². The molecule has 0 saturated carbocycles. The van der Waals surface area contributed by atoms with Crippen molar-refractivity contribution in [2.75, 3.05) is 22.8 Å². The van der Waals surface area contributed by atoms with Crippen LogP contribution in [0.2, 0.25) is 0 Å². The van der Waals surface area contributed by atoms with Crippen molar-refractivity contribution in [2.45, 2.75) is 17.2 Å². The van der Waals surface area contributed by atoms with Gasteiger partial charge >= 0.3 is 18.3 Å². The largest absolute Gasteiger partial charge is 0.490 e. The highest BCUT2D eigenvalue weighted by Crippen LogP contribution is 2.44. The maximum Gasteiger partial charge on any atom is 0.490 e. The van der Waals surface area contributed by atoms with E-state index in [4.69, 9.17) is 14.6 Å². The summed E-state index contributed by atoms with van der Waals surface area (Å²) in [5.74, 6) is -2.47. The van der Waals surface area contributed by atoms with Gasteiger partial charge in [-0.15, -0.1) is 11.3 Å². The van der Waals surface area contributed by atoms with Crippen LogP contribution in [-0.2, 0) is 21.0 Å². The number of benzene rings is 2. The Balaban J connectivity index is 0.000000517. The Kier molecular flexibility index (Phi) is 8.58. The van der Waals surface area contributed by atoms with Crippen LogP contribution in [0, 0.1) is 0 Å². The minimum atomic E-state index is -5.08. The van der Waals surface area contributed by atoms with Crippen LogP contribution in [0.25, 0.3) is 11.1 Å². The first-order valence-corrected chi connectivity index (χ1v) is 13.8. The van der Waals surface area contributed by atoms with E-state index in [2.05, 4.69) is 19.7 Å². The molecule has 1 aliphatic heterocycles. The van der Waals surface area contributed by atoms with E-state index in [0.717, 1.165) is 23.5 Å². The number of aliphatic carboxylic acids is 1. The molecule has 0 aliphatic carbocycles. The van der Waals surface area contributed by atoms with Crippen molar-refractivity contribution in [1.29, 1.82) is 0 Å². The van der Waals surface area contributed by atoms with Gasteiger partial charge in [-0.05, 0) is 30.3 Å². The number of fused-ring (bicyclic) bond motifs is 1. The number of carboxylic acids is 1. The standard InChI is InChI=1S/C22H16F3N5O3S2.C2HF3O2/c23-22(24,25)15-1-3-18(17(9-15)14-11-26-13-27-12-14)30-6-7-33-20-10-16(2-4-19(20)30)35(31,32)29-21-28-5-8-34-21;3-2(4,5)1(6)7/h1-5,8-13H,6-7H2,(H,28,29);(H,6,7). The molecule has 5 rings (SSSR count). The number of carboxylic acid groups (broad SMARTS) is 1. The average Bonchev–Trinajstić information content (AvgIpc) is 3.44. The number of carbonyl (C=O) groups is 1. The number of aromatic nitrogens is 3. The van der Waals surface area contributed by atoms with E-state index in [1.807, 2.05) is 0 Å². The molecule has 2 N–H and O–H groups in total. The van der Waals surface area contributed by atoms with Crippen molar-refractivity contribution in [1.82, 2.24) is 15.0 Å². The van der Waals surface area contributed by atoms with E-state index in [-0.39, 0.29) is 27.9 Å². The molecule has 0 amide bonds. The molecule has 0 saturated heterocycles. The van der Waals surface area contributed by atoms with E-state index in [0.29, 0.717) is 23.5 Å². The number of hydrogen-bond acceptors (Lipinski definition) is 9. The lowest BCUT2D eigenvalue weighted by molar-refractivity contribution is -0.192. The van der Waals surface area contributed by atoms with Crippen LogP contribution in [0.3, 0.4) is 0 Å². The molecule has 1 aliphatic rings. The third kappa shape index (κ3) is 7.06. The maximum atomic E-state index is 13.5. The van der Waals surface area contributed by atoms with Crippen molar-refractivity contribution in [3.8, 4) is 16.9 Å². The fraction of sp³-hybridized carbons (Fsp3) is 0.167. The van der Waals surface area contributed by atoms with Gasteiger partial charge in [0.15, 0.2) is 5.13 Å². The van der Waals surface area contributed by atoms with Gasteiger partial charge in [0.05, 0.1) is 22.7 Å². The SMILES string of the molecule is O=C(O)C(F)(F)F.O=S(=O)(Nc1nccs1)c1ccc2c(c1)OCCN2c1ccc(C(F)(F)F)cc1-c1cncnc1. The lowest BCUT2D eigenvalue weighted by Gasteiger charge is -2.33. The van der Waals surface area contributed by atoms with E-state index in [1.54, 1.807) is 16.3 Å². The number of alkyl halides is 6. The number of nitrogens with zero attached hydrogens (tertiary/aromatic N) is 4. The second kappa shape index (κ2) is 11.8. The highest BCUT2D eigenvalue weighted by Gasteiger charge is 2.38. The predicted molar refractivity (Wildman–Crippen MR) is 138 cm³/mol.